The molecular formula is C10H13ClN2O. The van der Waals surface area contributed by atoms with Gasteiger partial charge in [0.25, 0.3) is 0 Å². The van der Waals surface area contributed by atoms with E-state index in [2.05, 4.69) is 16.4 Å². The Morgan fingerprint density at radius 3 is 3.14 bits per heavy atom. The summed E-state index contributed by atoms with van der Waals surface area (Å²) in [5.74, 6) is 0. The van der Waals surface area contributed by atoms with Gasteiger partial charge in [-0.1, -0.05) is 11.6 Å². The van der Waals surface area contributed by atoms with Crippen molar-refractivity contribution in [3.05, 3.63) is 28.5 Å². The molecule has 2 rings (SSSR count). The number of nitrogens with one attached hydrogen (secondary N) is 1. The molecule has 1 aromatic rings. The molecule has 1 unspecified atom stereocenters. The SMILES string of the molecule is Cc1cc(C2COCCN2)cnc1Cl. The normalized spacial score (nSPS) is 22.3. The van der Waals surface area contributed by atoms with Crippen LogP contribution in [0.2, 0.25) is 5.15 Å². The maximum Gasteiger partial charge on any atom is 0.131 e. The molecule has 2 heterocycles. The lowest BCUT2D eigenvalue weighted by Crippen LogP contribution is -2.34. The van der Waals surface area contributed by atoms with Gasteiger partial charge in [-0.05, 0) is 24.1 Å². The Morgan fingerprint density at radius 2 is 2.50 bits per heavy atom. The fourth-order valence-corrected chi connectivity index (χ4v) is 1.65. The molecule has 0 aromatic carbocycles. The van der Waals surface area contributed by atoms with Gasteiger partial charge in [0.05, 0.1) is 19.3 Å². The molecule has 0 spiro atoms. The van der Waals surface area contributed by atoms with Gasteiger partial charge >= 0.3 is 0 Å². The Morgan fingerprint density at radius 1 is 1.64 bits per heavy atom. The molecule has 1 aliphatic heterocycles. The minimum absolute atomic E-state index is 0.257. The van der Waals surface area contributed by atoms with Gasteiger partial charge in [-0.15, -0.1) is 0 Å². The van der Waals surface area contributed by atoms with E-state index in [-0.39, 0.29) is 6.04 Å². The zero-order valence-electron chi connectivity index (χ0n) is 8.09. The molecule has 76 valence electrons. The van der Waals surface area contributed by atoms with Gasteiger partial charge in [0.15, 0.2) is 0 Å². The maximum atomic E-state index is 5.86. The van der Waals surface area contributed by atoms with Crippen LogP contribution in [0.4, 0.5) is 0 Å². The third-order valence-corrected chi connectivity index (χ3v) is 2.76. The highest BCUT2D eigenvalue weighted by molar-refractivity contribution is 6.30. The largest absolute Gasteiger partial charge is 0.378 e. The van der Waals surface area contributed by atoms with Crippen LogP contribution in [0.1, 0.15) is 17.2 Å². The molecule has 1 aromatic heterocycles. The molecule has 1 aliphatic rings. The summed E-state index contributed by atoms with van der Waals surface area (Å²) in [5, 5.41) is 3.95. The minimum Gasteiger partial charge on any atom is -0.378 e. The first-order valence-corrected chi connectivity index (χ1v) is 5.08. The van der Waals surface area contributed by atoms with Crippen LogP contribution in [0.5, 0.6) is 0 Å². The number of aromatic nitrogens is 1. The van der Waals surface area contributed by atoms with E-state index in [1.54, 1.807) is 0 Å². The van der Waals surface area contributed by atoms with E-state index in [0.717, 1.165) is 24.3 Å². The molecule has 4 heteroatoms. The summed E-state index contributed by atoms with van der Waals surface area (Å²) in [4.78, 5) is 4.12. The molecule has 0 bridgehead atoms. The first-order chi connectivity index (χ1) is 6.77. The van der Waals surface area contributed by atoms with Gasteiger partial charge in [-0.25, -0.2) is 4.98 Å². The summed E-state index contributed by atoms with van der Waals surface area (Å²) >= 11 is 5.86. The monoisotopic (exact) mass is 212 g/mol. The highest BCUT2D eigenvalue weighted by Crippen LogP contribution is 2.19. The van der Waals surface area contributed by atoms with E-state index in [9.17, 15) is 0 Å². The number of halogens is 1. The van der Waals surface area contributed by atoms with E-state index in [1.165, 1.54) is 0 Å². The van der Waals surface area contributed by atoms with Crippen molar-refractivity contribution in [2.75, 3.05) is 19.8 Å². The summed E-state index contributed by atoms with van der Waals surface area (Å²) in [6, 6.07) is 2.31. The third kappa shape index (κ3) is 2.05. The topological polar surface area (TPSA) is 34.1 Å². The Labute approximate surface area is 88.4 Å². The van der Waals surface area contributed by atoms with E-state index < -0.39 is 0 Å². The molecular weight excluding hydrogens is 200 g/mol. The van der Waals surface area contributed by atoms with Crippen molar-refractivity contribution in [3.8, 4) is 0 Å². The van der Waals surface area contributed by atoms with Crippen LogP contribution in [0.15, 0.2) is 12.3 Å². The molecule has 1 N–H and O–H groups in total. The van der Waals surface area contributed by atoms with Crippen molar-refractivity contribution in [2.24, 2.45) is 0 Å². The van der Waals surface area contributed by atoms with Crippen molar-refractivity contribution in [2.45, 2.75) is 13.0 Å². The molecule has 1 fully saturated rings. The van der Waals surface area contributed by atoms with Crippen LogP contribution in [0.25, 0.3) is 0 Å². The van der Waals surface area contributed by atoms with Crippen LogP contribution in [0, 0.1) is 6.92 Å². The smallest absolute Gasteiger partial charge is 0.131 e. The average molecular weight is 213 g/mol. The summed E-state index contributed by atoms with van der Waals surface area (Å²) in [7, 11) is 0. The highest BCUT2D eigenvalue weighted by atomic mass is 35.5. The standard InChI is InChI=1S/C10H13ClN2O/c1-7-4-8(5-13-10(7)11)9-6-14-3-2-12-9/h4-5,9,12H,2-3,6H2,1H3. The molecule has 0 aliphatic carbocycles. The number of aryl methyl sites for hydroxylation is 1. The van der Waals surface area contributed by atoms with Crippen molar-refractivity contribution < 1.29 is 4.74 Å². The predicted octanol–water partition coefficient (Wildman–Crippen LogP) is 1.70. The zero-order chi connectivity index (χ0) is 9.97. The molecule has 14 heavy (non-hydrogen) atoms. The Hall–Kier alpha value is -0.640. The fourth-order valence-electron chi connectivity index (χ4n) is 1.55. The predicted molar refractivity (Wildman–Crippen MR) is 55.5 cm³/mol. The average Bonchev–Trinajstić information content (AvgIpc) is 2.23. The van der Waals surface area contributed by atoms with E-state index in [4.69, 9.17) is 16.3 Å². The number of hydrogen-bond acceptors (Lipinski definition) is 3. The van der Waals surface area contributed by atoms with Gasteiger partial charge < -0.3 is 10.1 Å². The number of pyridine rings is 1. The molecule has 0 amide bonds. The number of morpholine rings is 1. The summed E-state index contributed by atoms with van der Waals surface area (Å²) in [6.07, 6.45) is 1.81. The van der Waals surface area contributed by atoms with Crippen LogP contribution >= 0.6 is 11.6 Å². The second kappa shape index (κ2) is 4.26. The number of hydrogen-bond donors (Lipinski definition) is 1. The first kappa shape index (κ1) is 9.90. The van der Waals surface area contributed by atoms with Crippen molar-refractivity contribution >= 4 is 11.6 Å². The number of nitrogens with zero attached hydrogens (tertiary/aromatic N) is 1. The van der Waals surface area contributed by atoms with Gasteiger partial charge in [0, 0.05) is 12.7 Å². The molecule has 1 atom stereocenters. The molecule has 3 nitrogen and oxygen atoms in total. The quantitative estimate of drug-likeness (QED) is 0.720. The maximum absolute atomic E-state index is 5.86. The van der Waals surface area contributed by atoms with E-state index in [1.807, 2.05) is 13.1 Å². The van der Waals surface area contributed by atoms with Gasteiger partial charge in [-0.3, -0.25) is 0 Å². The zero-order valence-corrected chi connectivity index (χ0v) is 8.84. The number of ether oxygens (including phenoxy) is 1. The van der Waals surface area contributed by atoms with Crippen LogP contribution in [-0.2, 0) is 4.74 Å². The minimum atomic E-state index is 0.257. The third-order valence-electron chi connectivity index (χ3n) is 2.36. The Bertz CT molecular complexity index is 324. The van der Waals surface area contributed by atoms with Gasteiger partial charge in [0.1, 0.15) is 5.15 Å². The van der Waals surface area contributed by atoms with Crippen molar-refractivity contribution in [3.63, 3.8) is 0 Å². The van der Waals surface area contributed by atoms with Crippen molar-refractivity contribution in [1.29, 1.82) is 0 Å². The molecule has 0 radical (unpaired) electrons. The van der Waals surface area contributed by atoms with Crippen LogP contribution < -0.4 is 5.32 Å². The second-order valence-electron chi connectivity index (χ2n) is 3.46. The molecule has 0 saturated carbocycles. The Kier molecular flexibility index (Phi) is 3.01. The fraction of sp³-hybridized carbons (Fsp3) is 0.500. The first-order valence-electron chi connectivity index (χ1n) is 4.70. The number of rotatable bonds is 1. The lowest BCUT2D eigenvalue weighted by molar-refractivity contribution is 0.0767. The van der Waals surface area contributed by atoms with E-state index in [0.29, 0.717) is 11.8 Å². The summed E-state index contributed by atoms with van der Waals surface area (Å²) < 4.78 is 5.38. The molecule has 1 saturated heterocycles. The van der Waals surface area contributed by atoms with E-state index >= 15 is 0 Å². The second-order valence-corrected chi connectivity index (χ2v) is 3.82. The Balaban J connectivity index is 2.18. The lowest BCUT2D eigenvalue weighted by atomic mass is 10.1. The van der Waals surface area contributed by atoms with Crippen molar-refractivity contribution in [1.82, 2.24) is 10.3 Å². The van der Waals surface area contributed by atoms with Crippen LogP contribution in [0.3, 0.4) is 0 Å². The highest BCUT2D eigenvalue weighted by Gasteiger charge is 2.15. The summed E-state index contributed by atoms with van der Waals surface area (Å²) in [6.45, 7) is 4.36. The lowest BCUT2D eigenvalue weighted by Gasteiger charge is -2.24. The van der Waals surface area contributed by atoms with Gasteiger partial charge in [-0.2, -0.15) is 0 Å². The van der Waals surface area contributed by atoms with Gasteiger partial charge in [0.2, 0.25) is 0 Å². The summed E-state index contributed by atoms with van der Waals surface area (Å²) in [5.41, 5.74) is 2.16. The van der Waals surface area contributed by atoms with Crippen LogP contribution in [-0.4, -0.2) is 24.7 Å².